The molecule has 0 aromatic heterocycles. The highest BCUT2D eigenvalue weighted by molar-refractivity contribution is 7.92. The fourth-order valence-electron chi connectivity index (χ4n) is 5.04. The average molecular weight is 551 g/mol. The number of hydrogen-bond acceptors (Lipinski definition) is 5. The van der Waals surface area contributed by atoms with Crippen molar-refractivity contribution < 1.29 is 34.8 Å². The molecule has 2 aromatic carbocycles. The molecular weight excluding hydrogens is 529 g/mol. The van der Waals surface area contributed by atoms with Crippen LogP contribution in [0.25, 0.3) is 0 Å². The number of anilines is 1. The van der Waals surface area contributed by atoms with Gasteiger partial charge in [0.1, 0.15) is 0 Å². The molecule has 1 amide bonds. The first-order chi connectivity index (χ1) is 16.3. The Morgan fingerprint density at radius 1 is 0.971 bits per heavy atom. The summed E-state index contributed by atoms with van der Waals surface area (Å²) in [7, 11) is -7.44. The SMILES string of the molecule is CS(=O)(=O)NC1C2CCC1CC(S(=O)(=O)c1cc(C(=O)Nc3cc(F)c(F)c(F)c3)ccc1Cl)C2. The normalized spacial score (nSPS) is 24.4. The van der Waals surface area contributed by atoms with E-state index in [2.05, 4.69) is 10.0 Å². The van der Waals surface area contributed by atoms with Gasteiger partial charge in [-0.1, -0.05) is 11.6 Å². The van der Waals surface area contributed by atoms with Crippen molar-refractivity contribution in [2.24, 2.45) is 11.8 Å². The Kier molecular flexibility index (Phi) is 6.95. The van der Waals surface area contributed by atoms with Gasteiger partial charge in [-0.25, -0.2) is 34.7 Å². The molecule has 7 nitrogen and oxygen atoms in total. The Bertz CT molecular complexity index is 1360. The van der Waals surface area contributed by atoms with E-state index < -0.39 is 48.5 Å². The van der Waals surface area contributed by atoms with Gasteiger partial charge in [0.25, 0.3) is 5.91 Å². The number of hydrogen-bond donors (Lipinski definition) is 2. The van der Waals surface area contributed by atoms with Crippen LogP contribution in [0.15, 0.2) is 35.2 Å². The van der Waals surface area contributed by atoms with E-state index in [0.717, 1.165) is 12.3 Å². The van der Waals surface area contributed by atoms with Gasteiger partial charge in [-0.05, 0) is 55.7 Å². The summed E-state index contributed by atoms with van der Waals surface area (Å²) in [6.45, 7) is 0. The third-order valence-electron chi connectivity index (χ3n) is 6.59. The molecule has 190 valence electrons. The van der Waals surface area contributed by atoms with Crippen LogP contribution in [0.4, 0.5) is 18.9 Å². The summed E-state index contributed by atoms with van der Waals surface area (Å²) in [6.07, 6.45) is 2.95. The molecule has 2 aromatic rings. The molecule has 2 unspecified atom stereocenters. The van der Waals surface area contributed by atoms with Gasteiger partial charge in [0, 0.05) is 29.4 Å². The van der Waals surface area contributed by atoms with E-state index >= 15 is 0 Å². The summed E-state index contributed by atoms with van der Waals surface area (Å²) < 4.78 is 93.1. The molecule has 0 saturated heterocycles. The van der Waals surface area contributed by atoms with Gasteiger partial charge in [-0.2, -0.15) is 0 Å². The summed E-state index contributed by atoms with van der Waals surface area (Å²) in [5.41, 5.74) is -0.479. The maximum atomic E-state index is 13.5. The second-order valence-corrected chi connectivity index (χ2v) is 13.4. The van der Waals surface area contributed by atoms with Gasteiger partial charge >= 0.3 is 0 Å². The molecule has 2 bridgehead atoms. The topological polar surface area (TPSA) is 109 Å². The highest BCUT2D eigenvalue weighted by Crippen LogP contribution is 2.46. The van der Waals surface area contributed by atoms with Gasteiger partial charge in [0.15, 0.2) is 27.3 Å². The summed E-state index contributed by atoms with van der Waals surface area (Å²) >= 11 is 6.18. The molecule has 0 heterocycles. The van der Waals surface area contributed by atoms with Crippen molar-refractivity contribution in [2.75, 3.05) is 11.6 Å². The maximum Gasteiger partial charge on any atom is 0.255 e. The third-order valence-corrected chi connectivity index (χ3v) is 9.94. The smallest absolute Gasteiger partial charge is 0.255 e. The number of carbonyl (C=O) groups is 1. The molecule has 0 aliphatic heterocycles. The van der Waals surface area contributed by atoms with Crippen molar-refractivity contribution in [3.8, 4) is 0 Å². The van der Waals surface area contributed by atoms with Crippen LogP contribution in [0.3, 0.4) is 0 Å². The quantitative estimate of drug-likeness (QED) is 0.530. The molecule has 2 saturated carbocycles. The first kappa shape index (κ1) is 25.9. The van der Waals surface area contributed by atoms with Crippen LogP contribution < -0.4 is 10.0 Å². The second kappa shape index (κ2) is 9.38. The fraction of sp³-hybridized carbons (Fsp3) is 0.409. The second-order valence-electron chi connectivity index (χ2n) is 9.00. The average Bonchev–Trinajstić information content (AvgIpc) is 2.97. The van der Waals surface area contributed by atoms with Crippen LogP contribution in [0.2, 0.25) is 5.02 Å². The molecular formula is C22H22ClF3N2O5S2. The summed E-state index contributed by atoms with van der Waals surface area (Å²) in [6, 6.07) is 4.46. The lowest BCUT2D eigenvalue weighted by Crippen LogP contribution is -2.47. The van der Waals surface area contributed by atoms with Crippen LogP contribution in [-0.2, 0) is 19.9 Å². The maximum absolute atomic E-state index is 13.5. The Morgan fingerprint density at radius 2 is 1.54 bits per heavy atom. The Morgan fingerprint density at radius 3 is 2.09 bits per heavy atom. The number of carbonyl (C=O) groups excluding carboxylic acids is 1. The van der Waals surface area contributed by atoms with Gasteiger partial charge in [-0.15, -0.1) is 0 Å². The Balaban J connectivity index is 1.57. The number of halogens is 4. The largest absolute Gasteiger partial charge is 0.322 e. The van der Waals surface area contributed by atoms with Crippen molar-refractivity contribution in [3.05, 3.63) is 58.4 Å². The van der Waals surface area contributed by atoms with E-state index in [1.54, 1.807) is 0 Å². The first-order valence-corrected chi connectivity index (χ1v) is 14.5. The van der Waals surface area contributed by atoms with Crippen molar-refractivity contribution in [1.82, 2.24) is 4.72 Å². The lowest BCUT2D eigenvalue weighted by Gasteiger charge is -2.35. The predicted octanol–water partition coefficient (Wildman–Crippen LogP) is 3.89. The number of amides is 1. The van der Waals surface area contributed by atoms with Gasteiger partial charge < -0.3 is 5.32 Å². The molecule has 0 spiro atoms. The summed E-state index contributed by atoms with van der Waals surface area (Å²) in [5, 5.41) is 1.30. The fourth-order valence-corrected chi connectivity index (χ4v) is 8.35. The van der Waals surface area contributed by atoms with Crippen molar-refractivity contribution >= 4 is 43.1 Å². The van der Waals surface area contributed by atoms with E-state index in [1.165, 1.54) is 12.1 Å². The number of rotatable bonds is 6. The van der Waals surface area contributed by atoms with Crippen LogP contribution >= 0.6 is 11.6 Å². The molecule has 2 aliphatic carbocycles. The highest BCUT2D eigenvalue weighted by Gasteiger charge is 2.48. The zero-order valence-corrected chi connectivity index (χ0v) is 20.8. The van der Waals surface area contributed by atoms with Gasteiger partial charge in [0.05, 0.1) is 21.4 Å². The van der Waals surface area contributed by atoms with Crippen molar-refractivity contribution in [1.29, 1.82) is 0 Å². The molecule has 2 fully saturated rings. The van der Waals surface area contributed by atoms with Gasteiger partial charge in [-0.3, -0.25) is 4.79 Å². The first-order valence-electron chi connectivity index (χ1n) is 10.7. The zero-order chi connectivity index (χ0) is 25.7. The molecule has 2 atom stereocenters. The number of fused-ring (bicyclic) bond motifs is 2. The van der Waals surface area contributed by atoms with E-state index in [9.17, 15) is 34.8 Å². The van der Waals surface area contributed by atoms with Crippen molar-refractivity contribution in [3.63, 3.8) is 0 Å². The predicted molar refractivity (Wildman–Crippen MR) is 124 cm³/mol. The standard InChI is InChI=1S/C22H22ClF3N2O5S2/c1-34(30,31)28-21-11-2-3-12(21)7-15(6-11)35(32,33)19-8-13(4-5-16(19)23)22(29)27-14-9-17(24)20(26)18(25)10-14/h4-5,8-12,15,21,28H,2-3,6-7H2,1H3,(H,27,29). The van der Waals surface area contributed by atoms with E-state index in [1.807, 2.05) is 0 Å². The van der Waals surface area contributed by atoms with Crippen LogP contribution in [0.5, 0.6) is 0 Å². The minimum absolute atomic E-state index is 0.0934. The molecule has 35 heavy (non-hydrogen) atoms. The Hall–Kier alpha value is -2.15. The molecule has 13 heteroatoms. The van der Waals surface area contributed by atoms with Crippen LogP contribution in [0.1, 0.15) is 36.0 Å². The minimum atomic E-state index is -3.99. The van der Waals surface area contributed by atoms with Crippen LogP contribution in [-0.4, -0.2) is 40.3 Å². The summed E-state index contributed by atoms with van der Waals surface area (Å²) in [4.78, 5) is 12.4. The zero-order valence-electron chi connectivity index (χ0n) is 18.4. The van der Waals surface area contributed by atoms with Gasteiger partial charge in [0.2, 0.25) is 10.0 Å². The molecule has 2 aliphatic rings. The van der Waals surface area contributed by atoms with Crippen molar-refractivity contribution in [2.45, 2.75) is 41.9 Å². The van der Waals surface area contributed by atoms with Crippen LogP contribution in [0, 0.1) is 29.3 Å². The molecule has 2 N–H and O–H groups in total. The highest BCUT2D eigenvalue weighted by atomic mass is 35.5. The van der Waals surface area contributed by atoms with E-state index in [4.69, 9.17) is 11.6 Å². The minimum Gasteiger partial charge on any atom is -0.322 e. The monoisotopic (exact) mass is 550 g/mol. The lowest BCUT2D eigenvalue weighted by molar-refractivity contribution is 0.102. The van der Waals surface area contributed by atoms with E-state index in [0.29, 0.717) is 25.0 Å². The Labute approximate surface area is 206 Å². The summed E-state index contributed by atoms with van der Waals surface area (Å²) in [5.74, 6) is -5.82. The number of nitrogens with one attached hydrogen (secondary N) is 2. The molecule has 4 rings (SSSR count). The molecule has 0 radical (unpaired) electrons. The number of sulfonamides is 1. The third kappa shape index (κ3) is 5.35. The number of sulfone groups is 1. The van der Waals surface area contributed by atoms with E-state index in [-0.39, 0.29) is 51.9 Å². The lowest BCUT2D eigenvalue weighted by atomic mass is 9.84. The number of benzene rings is 2.